The number of fused-ring (bicyclic) bond motifs is 1. The molecule has 198 valence electrons. The van der Waals surface area contributed by atoms with Crippen molar-refractivity contribution in [2.45, 2.75) is 25.4 Å². The number of hydrogen-bond donors (Lipinski definition) is 3. The van der Waals surface area contributed by atoms with E-state index in [-0.39, 0.29) is 7.33 Å². The SMILES string of the molecule is CN(C)C(=O)c1cccc(CN2CCC(Nc3ncnc4sc(Cl)cc34)CC2)c1.O=C(O)/C=C\C(=O)O.[HH]. The number of likely N-dealkylation sites (tertiary alicyclic amines) is 1. The van der Waals surface area contributed by atoms with E-state index in [1.807, 2.05) is 24.3 Å². The molecule has 1 saturated heterocycles. The van der Waals surface area contributed by atoms with Crippen molar-refractivity contribution in [2.75, 3.05) is 32.5 Å². The number of hydrogen-bond acceptors (Lipinski definition) is 8. The van der Waals surface area contributed by atoms with E-state index in [1.165, 1.54) is 16.9 Å². The van der Waals surface area contributed by atoms with Crippen molar-refractivity contribution in [1.82, 2.24) is 19.8 Å². The molecule has 1 amide bonds. The normalized spacial score (nSPS) is 14.2. The zero-order valence-electron chi connectivity index (χ0n) is 20.4. The quantitative estimate of drug-likeness (QED) is 0.374. The van der Waals surface area contributed by atoms with Gasteiger partial charge in [-0.25, -0.2) is 19.6 Å². The monoisotopic (exact) mass is 547 g/mol. The number of aliphatic carboxylic acids is 2. The standard InChI is InChI=1S/C21H24ClN5OS.C4H4O4.H2/c1-26(2)21(28)15-5-3-4-14(10-15)12-27-8-6-16(7-9-27)25-19-17-11-18(22)29-20(17)24-13-23-19;5-3(6)1-2-4(7)8;/h3-5,10-11,13,16H,6-9,12H2,1-2H3,(H,23,24,25);1-2H,(H,5,6)(H,7,8);1H/b;2-1-;. The maximum Gasteiger partial charge on any atom is 0.328 e. The smallest absolute Gasteiger partial charge is 0.328 e. The van der Waals surface area contributed by atoms with E-state index in [2.05, 4.69) is 26.3 Å². The van der Waals surface area contributed by atoms with Crippen molar-refractivity contribution < 1.29 is 26.0 Å². The molecule has 10 nitrogen and oxygen atoms in total. The second-order valence-corrected chi connectivity index (χ2v) is 10.3. The van der Waals surface area contributed by atoms with E-state index in [4.69, 9.17) is 21.8 Å². The van der Waals surface area contributed by atoms with Crippen molar-refractivity contribution in [2.24, 2.45) is 0 Å². The highest BCUT2D eigenvalue weighted by molar-refractivity contribution is 7.22. The van der Waals surface area contributed by atoms with Crippen LogP contribution in [0.4, 0.5) is 5.82 Å². The van der Waals surface area contributed by atoms with Crippen LogP contribution in [0.5, 0.6) is 0 Å². The van der Waals surface area contributed by atoms with Gasteiger partial charge in [0.2, 0.25) is 0 Å². The third-order valence-corrected chi connectivity index (χ3v) is 6.75. The molecular weight excluding hydrogens is 518 g/mol. The van der Waals surface area contributed by atoms with Crippen molar-refractivity contribution >= 4 is 56.8 Å². The number of thiophene rings is 1. The fourth-order valence-electron chi connectivity index (χ4n) is 3.83. The number of nitrogens with one attached hydrogen (secondary N) is 1. The number of aromatic nitrogens is 2. The number of carboxylic acids is 2. The van der Waals surface area contributed by atoms with E-state index in [0.29, 0.717) is 18.2 Å². The Bertz CT molecular complexity index is 1280. The maximum absolute atomic E-state index is 12.2. The maximum atomic E-state index is 12.2. The van der Waals surface area contributed by atoms with Gasteiger partial charge in [-0.1, -0.05) is 23.7 Å². The van der Waals surface area contributed by atoms with E-state index in [0.717, 1.165) is 58.4 Å². The molecule has 0 radical (unpaired) electrons. The summed E-state index contributed by atoms with van der Waals surface area (Å²) in [4.78, 5) is 45.0. The lowest BCUT2D eigenvalue weighted by Gasteiger charge is -2.32. The lowest BCUT2D eigenvalue weighted by atomic mass is 10.0. The van der Waals surface area contributed by atoms with Crippen LogP contribution in [0.15, 0.2) is 48.8 Å². The molecule has 1 fully saturated rings. The van der Waals surface area contributed by atoms with Gasteiger partial charge in [-0.05, 0) is 36.6 Å². The predicted octanol–water partition coefficient (Wildman–Crippen LogP) is 4.08. The van der Waals surface area contributed by atoms with Gasteiger partial charge in [0.05, 0.1) is 9.72 Å². The van der Waals surface area contributed by atoms with Crippen molar-refractivity contribution in [3.8, 4) is 0 Å². The van der Waals surface area contributed by atoms with Crippen LogP contribution < -0.4 is 5.32 Å². The van der Waals surface area contributed by atoms with Gasteiger partial charge in [0.15, 0.2) is 0 Å². The molecule has 12 heteroatoms. The number of piperidine rings is 1. The van der Waals surface area contributed by atoms with E-state index < -0.39 is 11.9 Å². The Morgan fingerprint density at radius 1 is 1.16 bits per heavy atom. The number of carboxylic acid groups (broad SMARTS) is 2. The van der Waals surface area contributed by atoms with Crippen molar-refractivity contribution in [3.63, 3.8) is 0 Å². The van der Waals surface area contributed by atoms with Gasteiger partial charge in [0, 0.05) is 58.9 Å². The molecule has 2 aromatic heterocycles. The number of carbonyl (C=O) groups excluding carboxylic acids is 1. The van der Waals surface area contributed by atoms with Gasteiger partial charge < -0.3 is 20.4 Å². The van der Waals surface area contributed by atoms with Crippen LogP contribution in [-0.4, -0.2) is 81.1 Å². The highest BCUT2D eigenvalue weighted by Gasteiger charge is 2.21. The molecule has 1 aliphatic rings. The summed E-state index contributed by atoms with van der Waals surface area (Å²) in [5.41, 5.74) is 1.92. The Hall–Kier alpha value is -3.54. The molecule has 0 saturated carbocycles. The molecule has 3 aromatic rings. The molecular formula is C25H30ClN5O5S. The number of rotatable bonds is 7. The highest BCUT2D eigenvalue weighted by atomic mass is 35.5. The lowest BCUT2D eigenvalue weighted by Crippen LogP contribution is -2.38. The predicted molar refractivity (Wildman–Crippen MR) is 145 cm³/mol. The van der Waals surface area contributed by atoms with Gasteiger partial charge in [-0.3, -0.25) is 9.69 Å². The minimum atomic E-state index is -1.26. The van der Waals surface area contributed by atoms with Crippen LogP contribution in [0.3, 0.4) is 0 Å². The molecule has 3 N–H and O–H groups in total. The number of anilines is 1. The Morgan fingerprint density at radius 3 is 2.46 bits per heavy atom. The largest absolute Gasteiger partial charge is 0.478 e. The van der Waals surface area contributed by atoms with Gasteiger partial charge in [0.25, 0.3) is 5.91 Å². The average molecular weight is 548 g/mol. The molecule has 0 atom stereocenters. The minimum absolute atomic E-state index is 0. The molecule has 1 aromatic carbocycles. The van der Waals surface area contributed by atoms with Crippen LogP contribution in [-0.2, 0) is 16.1 Å². The van der Waals surface area contributed by atoms with Crippen LogP contribution in [0.1, 0.15) is 30.2 Å². The third kappa shape index (κ3) is 8.52. The summed E-state index contributed by atoms with van der Waals surface area (Å²) in [7, 11) is 3.56. The molecule has 0 unspecified atom stereocenters. The summed E-state index contributed by atoms with van der Waals surface area (Å²) >= 11 is 7.61. The highest BCUT2D eigenvalue weighted by Crippen LogP contribution is 2.32. The van der Waals surface area contributed by atoms with Crippen LogP contribution in [0.25, 0.3) is 10.2 Å². The lowest BCUT2D eigenvalue weighted by molar-refractivity contribution is -0.134. The number of carbonyl (C=O) groups is 3. The Kier molecular flexibility index (Phi) is 9.95. The average Bonchev–Trinajstić information content (AvgIpc) is 3.25. The first-order valence-corrected chi connectivity index (χ1v) is 12.6. The molecule has 4 rings (SSSR count). The summed E-state index contributed by atoms with van der Waals surface area (Å²) in [6.07, 6.45) is 4.79. The zero-order chi connectivity index (χ0) is 26.9. The zero-order valence-corrected chi connectivity index (χ0v) is 22.0. The molecule has 0 spiro atoms. The van der Waals surface area contributed by atoms with E-state index in [1.54, 1.807) is 25.3 Å². The van der Waals surface area contributed by atoms with Gasteiger partial charge in [0.1, 0.15) is 17.0 Å². The molecule has 37 heavy (non-hydrogen) atoms. The second-order valence-electron chi connectivity index (χ2n) is 8.60. The van der Waals surface area contributed by atoms with E-state index >= 15 is 0 Å². The van der Waals surface area contributed by atoms with Crippen molar-refractivity contribution in [3.05, 3.63) is 64.3 Å². The fourth-order valence-corrected chi connectivity index (χ4v) is 4.89. The summed E-state index contributed by atoms with van der Waals surface area (Å²) in [6.45, 7) is 2.86. The number of halogens is 1. The van der Waals surface area contributed by atoms with Gasteiger partial charge in [-0.2, -0.15) is 0 Å². The number of benzene rings is 1. The van der Waals surface area contributed by atoms with Crippen LogP contribution >= 0.6 is 22.9 Å². The number of amides is 1. The fraction of sp³-hybridized carbons (Fsp3) is 0.320. The first-order chi connectivity index (χ1) is 17.6. The molecule has 0 aliphatic carbocycles. The minimum Gasteiger partial charge on any atom is -0.478 e. The van der Waals surface area contributed by atoms with Crippen LogP contribution in [0, 0.1) is 0 Å². The second kappa shape index (κ2) is 13.1. The first kappa shape index (κ1) is 28.0. The molecule has 1 aliphatic heterocycles. The third-order valence-electron chi connectivity index (χ3n) is 5.58. The Balaban J connectivity index is 0.000000493. The molecule has 0 bridgehead atoms. The first-order valence-electron chi connectivity index (χ1n) is 11.5. The Labute approximate surface area is 224 Å². The summed E-state index contributed by atoms with van der Waals surface area (Å²) in [5, 5.41) is 20.2. The topological polar surface area (TPSA) is 136 Å². The van der Waals surface area contributed by atoms with Crippen molar-refractivity contribution in [1.29, 1.82) is 0 Å². The summed E-state index contributed by atoms with van der Waals surface area (Å²) < 4.78 is 0.730. The summed E-state index contributed by atoms with van der Waals surface area (Å²) in [5.74, 6) is -1.61. The Morgan fingerprint density at radius 2 is 1.84 bits per heavy atom. The van der Waals surface area contributed by atoms with Gasteiger partial charge >= 0.3 is 11.9 Å². The van der Waals surface area contributed by atoms with E-state index in [9.17, 15) is 14.4 Å². The van der Waals surface area contributed by atoms with Gasteiger partial charge in [-0.15, -0.1) is 11.3 Å². The van der Waals surface area contributed by atoms with Crippen LogP contribution in [0.2, 0.25) is 4.34 Å². The number of nitrogens with zero attached hydrogens (tertiary/aromatic N) is 4. The molecule has 3 heterocycles. The summed E-state index contributed by atoms with van der Waals surface area (Å²) in [6, 6.07) is 10.2.